The normalized spacial score (nSPS) is 12.4. The number of likely N-dealkylation sites (N-methyl/N-ethyl adjacent to an activating group) is 1. The third kappa shape index (κ3) is 4.33. The lowest BCUT2D eigenvalue weighted by Crippen LogP contribution is -2.39. The van der Waals surface area contributed by atoms with Crippen LogP contribution in [-0.4, -0.2) is 40.8 Å². The number of H-pyrrole nitrogens is 1. The van der Waals surface area contributed by atoms with Crippen molar-refractivity contribution in [2.75, 3.05) is 25.0 Å². The van der Waals surface area contributed by atoms with E-state index in [-0.39, 0.29) is 12.1 Å². The van der Waals surface area contributed by atoms with Gasteiger partial charge in [-0.1, -0.05) is 13.8 Å². The van der Waals surface area contributed by atoms with E-state index in [9.17, 15) is 4.79 Å². The number of nitrogens with zero attached hydrogens (tertiary/aromatic N) is 2. The molecule has 0 saturated heterocycles. The first-order chi connectivity index (χ1) is 11.1. The maximum absolute atomic E-state index is 12.2. The van der Waals surface area contributed by atoms with Crippen LogP contribution < -0.4 is 10.6 Å². The second kappa shape index (κ2) is 8.12. The van der Waals surface area contributed by atoms with E-state index in [2.05, 4.69) is 56.4 Å². The molecule has 7 heteroatoms. The average molecular weight is 335 g/mol. The quantitative estimate of drug-likeness (QED) is 0.727. The van der Waals surface area contributed by atoms with Crippen molar-refractivity contribution in [3.63, 3.8) is 0 Å². The molecule has 0 unspecified atom stereocenters. The maximum atomic E-state index is 12.2. The molecule has 6 nitrogen and oxygen atoms in total. The molecule has 2 aromatic rings. The Morgan fingerprint density at radius 1 is 1.39 bits per heavy atom. The number of carbonyl (C=O) groups is 1. The Bertz CT molecular complexity index is 599. The van der Waals surface area contributed by atoms with Gasteiger partial charge in [-0.05, 0) is 49.3 Å². The second-order valence-electron chi connectivity index (χ2n) is 5.44. The fourth-order valence-corrected chi connectivity index (χ4v) is 3.38. The van der Waals surface area contributed by atoms with Gasteiger partial charge in [-0.3, -0.25) is 10.00 Å². The molecule has 2 aromatic heterocycles. The van der Waals surface area contributed by atoms with E-state index in [4.69, 9.17) is 0 Å². The van der Waals surface area contributed by atoms with Gasteiger partial charge in [0.05, 0.1) is 23.1 Å². The minimum atomic E-state index is -0.204. The van der Waals surface area contributed by atoms with E-state index in [0.717, 1.165) is 30.2 Å². The number of anilines is 1. The highest BCUT2D eigenvalue weighted by Crippen LogP contribution is 2.22. The fourth-order valence-electron chi connectivity index (χ4n) is 2.67. The zero-order chi connectivity index (χ0) is 16.8. The smallest absolute Gasteiger partial charge is 0.319 e. The van der Waals surface area contributed by atoms with E-state index in [1.807, 2.05) is 13.8 Å². The highest BCUT2D eigenvalue weighted by Gasteiger charge is 2.19. The Morgan fingerprint density at radius 2 is 2.13 bits per heavy atom. The van der Waals surface area contributed by atoms with Crippen LogP contribution in [0.4, 0.5) is 10.5 Å². The van der Waals surface area contributed by atoms with Crippen LogP contribution in [0.15, 0.2) is 16.8 Å². The molecule has 0 radical (unpaired) electrons. The molecule has 126 valence electrons. The van der Waals surface area contributed by atoms with E-state index < -0.39 is 0 Å². The van der Waals surface area contributed by atoms with Crippen molar-refractivity contribution in [1.82, 2.24) is 20.4 Å². The van der Waals surface area contributed by atoms with E-state index >= 15 is 0 Å². The number of nitrogens with one attached hydrogen (secondary N) is 3. The Morgan fingerprint density at radius 3 is 2.65 bits per heavy atom. The molecule has 0 spiro atoms. The first-order valence-corrected chi connectivity index (χ1v) is 8.83. The zero-order valence-electron chi connectivity index (χ0n) is 14.1. The van der Waals surface area contributed by atoms with Crippen molar-refractivity contribution in [3.05, 3.63) is 33.8 Å². The number of hydrogen-bond donors (Lipinski definition) is 3. The summed E-state index contributed by atoms with van der Waals surface area (Å²) in [5.41, 5.74) is 3.64. The van der Waals surface area contributed by atoms with Gasteiger partial charge >= 0.3 is 6.03 Å². The number of carbonyl (C=O) groups excluding carboxylic acids is 1. The van der Waals surface area contributed by atoms with Crippen LogP contribution in [0.1, 0.15) is 36.8 Å². The predicted octanol–water partition coefficient (Wildman–Crippen LogP) is 3.29. The van der Waals surface area contributed by atoms with E-state index in [1.54, 1.807) is 11.3 Å². The lowest BCUT2D eigenvalue weighted by molar-refractivity contribution is 0.210. The van der Waals surface area contributed by atoms with Crippen molar-refractivity contribution >= 4 is 23.1 Å². The minimum Gasteiger partial charge on any atom is -0.336 e. The van der Waals surface area contributed by atoms with Gasteiger partial charge < -0.3 is 10.6 Å². The number of aromatic amines is 1. The van der Waals surface area contributed by atoms with Gasteiger partial charge in [0.2, 0.25) is 0 Å². The molecule has 2 heterocycles. The number of amides is 2. The lowest BCUT2D eigenvalue weighted by atomic mass is 10.1. The van der Waals surface area contributed by atoms with Crippen LogP contribution in [0.25, 0.3) is 0 Å². The molecule has 1 atom stereocenters. The highest BCUT2D eigenvalue weighted by molar-refractivity contribution is 7.07. The van der Waals surface area contributed by atoms with E-state index in [0.29, 0.717) is 6.54 Å². The topological polar surface area (TPSA) is 73.1 Å². The van der Waals surface area contributed by atoms with Crippen molar-refractivity contribution in [2.24, 2.45) is 0 Å². The summed E-state index contributed by atoms with van der Waals surface area (Å²) in [6, 6.07) is 2.11. The van der Waals surface area contributed by atoms with Crippen LogP contribution in [0.2, 0.25) is 0 Å². The van der Waals surface area contributed by atoms with Crippen molar-refractivity contribution in [1.29, 1.82) is 0 Å². The van der Waals surface area contributed by atoms with Gasteiger partial charge in [0, 0.05) is 6.54 Å². The van der Waals surface area contributed by atoms with Crippen LogP contribution >= 0.6 is 11.3 Å². The highest BCUT2D eigenvalue weighted by atomic mass is 32.1. The lowest BCUT2D eigenvalue weighted by Gasteiger charge is -2.29. The summed E-state index contributed by atoms with van der Waals surface area (Å²) in [4.78, 5) is 14.6. The van der Waals surface area contributed by atoms with Gasteiger partial charge in [-0.2, -0.15) is 16.4 Å². The Labute approximate surface area is 141 Å². The molecule has 2 amide bonds. The van der Waals surface area contributed by atoms with Crippen molar-refractivity contribution in [2.45, 2.75) is 33.7 Å². The monoisotopic (exact) mass is 335 g/mol. The summed E-state index contributed by atoms with van der Waals surface area (Å²) in [6.45, 7) is 10.5. The summed E-state index contributed by atoms with van der Waals surface area (Å²) in [5.74, 6) is 0. The number of urea groups is 1. The van der Waals surface area contributed by atoms with Gasteiger partial charge in [-0.25, -0.2) is 4.79 Å². The summed E-state index contributed by atoms with van der Waals surface area (Å²) < 4.78 is 0. The summed E-state index contributed by atoms with van der Waals surface area (Å²) in [5, 5.41) is 17.0. The number of rotatable bonds is 7. The largest absolute Gasteiger partial charge is 0.336 e. The first-order valence-electron chi connectivity index (χ1n) is 7.89. The standard InChI is InChI=1S/C16H25N5OS/c1-5-21(6-2)14(13-7-8-23-10-13)9-17-16(22)18-15-11(3)19-20-12(15)4/h7-8,10,14H,5-6,9H2,1-4H3,(H,19,20)(H2,17,18,22)/t14-/m1/s1. The summed E-state index contributed by atoms with van der Waals surface area (Å²) in [7, 11) is 0. The van der Waals surface area contributed by atoms with Crippen LogP contribution in [0.3, 0.4) is 0 Å². The van der Waals surface area contributed by atoms with Gasteiger partial charge in [0.15, 0.2) is 0 Å². The zero-order valence-corrected chi connectivity index (χ0v) is 15.0. The second-order valence-corrected chi connectivity index (χ2v) is 6.22. The molecule has 2 rings (SSSR count). The van der Waals surface area contributed by atoms with Crippen LogP contribution in [0, 0.1) is 13.8 Å². The molecular weight excluding hydrogens is 310 g/mol. The number of aromatic nitrogens is 2. The van der Waals surface area contributed by atoms with Crippen molar-refractivity contribution in [3.8, 4) is 0 Å². The summed E-state index contributed by atoms with van der Waals surface area (Å²) >= 11 is 1.68. The van der Waals surface area contributed by atoms with Gasteiger partial charge in [0.1, 0.15) is 0 Å². The molecule has 3 N–H and O–H groups in total. The third-order valence-electron chi connectivity index (χ3n) is 4.00. The van der Waals surface area contributed by atoms with Crippen LogP contribution in [0.5, 0.6) is 0 Å². The fraction of sp³-hybridized carbons (Fsp3) is 0.500. The SMILES string of the molecule is CCN(CC)[C@H](CNC(=O)Nc1c(C)n[nH]c1C)c1ccsc1. The molecule has 0 bridgehead atoms. The maximum Gasteiger partial charge on any atom is 0.319 e. The number of aryl methyl sites for hydroxylation is 2. The molecule has 0 aliphatic rings. The molecule has 0 saturated carbocycles. The third-order valence-corrected chi connectivity index (χ3v) is 4.71. The average Bonchev–Trinajstić information content (AvgIpc) is 3.17. The van der Waals surface area contributed by atoms with Crippen molar-refractivity contribution < 1.29 is 4.79 Å². The molecule has 0 aromatic carbocycles. The number of thiophene rings is 1. The minimum absolute atomic E-state index is 0.188. The van der Waals surface area contributed by atoms with Gasteiger partial charge in [0.25, 0.3) is 0 Å². The molecule has 0 aliphatic heterocycles. The van der Waals surface area contributed by atoms with Gasteiger partial charge in [-0.15, -0.1) is 0 Å². The summed E-state index contributed by atoms with van der Waals surface area (Å²) in [6.07, 6.45) is 0. The molecule has 23 heavy (non-hydrogen) atoms. The Kier molecular flexibility index (Phi) is 6.18. The predicted molar refractivity (Wildman–Crippen MR) is 95.1 cm³/mol. The number of hydrogen-bond acceptors (Lipinski definition) is 4. The van der Waals surface area contributed by atoms with E-state index in [1.165, 1.54) is 5.56 Å². The first kappa shape index (κ1) is 17.5. The molecular formula is C16H25N5OS. The Balaban J connectivity index is 1.99. The molecule has 0 fully saturated rings. The van der Waals surface area contributed by atoms with Crippen LogP contribution in [-0.2, 0) is 0 Å². The Hall–Kier alpha value is -1.86. The molecule has 0 aliphatic carbocycles.